The third kappa shape index (κ3) is 5.84. The average molecular weight is 383 g/mol. The highest BCUT2D eigenvalue weighted by Gasteiger charge is 2.18. The summed E-state index contributed by atoms with van der Waals surface area (Å²) in [7, 11) is 0. The molecule has 0 saturated carbocycles. The number of nitrogens with zero attached hydrogens (tertiary/aromatic N) is 1. The number of nitrogens with one attached hydrogen (secondary N) is 1. The lowest BCUT2D eigenvalue weighted by atomic mass is 10.1. The van der Waals surface area contributed by atoms with E-state index in [9.17, 15) is 14.7 Å². The van der Waals surface area contributed by atoms with Crippen LogP contribution in [0.2, 0.25) is 0 Å². The quantitative estimate of drug-likeness (QED) is 0.669. The van der Waals surface area contributed by atoms with Crippen LogP contribution in [-0.2, 0) is 0 Å². The van der Waals surface area contributed by atoms with Gasteiger partial charge in [0.25, 0.3) is 5.91 Å². The highest BCUT2D eigenvalue weighted by molar-refractivity contribution is 6.06. The fourth-order valence-electron chi connectivity index (χ4n) is 3.10. The Hall–Kier alpha value is -2.82. The SMILES string of the molecule is Cc1ccc(C(=O)Nc2cc(C(=O)O)ccc2N(CC(C)C)CC(C)C)cc1. The van der Waals surface area contributed by atoms with Gasteiger partial charge in [-0.3, -0.25) is 4.79 Å². The molecule has 0 heterocycles. The normalized spacial score (nSPS) is 11.0. The summed E-state index contributed by atoms with van der Waals surface area (Å²) in [5.41, 5.74) is 3.12. The smallest absolute Gasteiger partial charge is 0.335 e. The Morgan fingerprint density at radius 1 is 0.929 bits per heavy atom. The number of hydrogen-bond donors (Lipinski definition) is 2. The molecule has 0 atom stereocenters. The summed E-state index contributed by atoms with van der Waals surface area (Å²) >= 11 is 0. The van der Waals surface area contributed by atoms with E-state index in [1.165, 1.54) is 6.07 Å². The van der Waals surface area contributed by atoms with Gasteiger partial charge in [0.2, 0.25) is 0 Å². The van der Waals surface area contributed by atoms with E-state index >= 15 is 0 Å². The molecule has 2 aromatic carbocycles. The van der Waals surface area contributed by atoms with Crippen LogP contribution in [0.5, 0.6) is 0 Å². The molecular weight excluding hydrogens is 352 g/mol. The minimum absolute atomic E-state index is 0.150. The van der Waals surface area contributed by atoms with Gasteiger partial charge < -0.3 is 15.3 Å². The summed E-state index contributed by atoms with van der Waals surface area (Å²) in [6, 6.07) is 12.2. The molecule has 1 amide bonds. The third-order valence-electron chi connectivity index (χ3n) is 4.32. The second-order valence-corrected chi connectivity index (χ2v) is 8.05. The second-order valence-electron chi connectivity index (χ2n) is 8.05. The van der Waals surface area contributed by atoms with E-state index in [4.69, 9.17) is 0 Å². The van der Waals surface area contributed by atoms with E-state index in [1.807, 2.05) is 19.1 Å². The van der Waals surface area contributed by atoms with Gasteiger partial charge in [-0.15, -0.1) is 0 Å². The Morgan fingerprint density at radius 3 is 1.96 bits per heavy atom. The number of carboxylic acid groups (broad SMARTS) is 1. The first kappa shape index (κ1) is 21.5. The Balaban J connectivity index is 2.43. The number of aryl methyl sites for hydroxylation is 1. The zero-order chi connectivity index (χ0) is 20.8. The van der Waals surface area contributed by atoms with Crippen molar-refractivity contribution >= 4 is 23.3 Å². The van der Waals surface area contributed by atoms with Crippen molar-refractivity contribution < 1.29 is 14.7 Å². The van der Waals surface area contributed by atoms with E-state index in [-0.39, 0.29) is 11.5 Å². The number of amides is 1. The van der Waals surface area contributed by atoms with E-state index in [0.717, 1.165) is 24.3 Å². The van der Waals surface area contributed by atoms with Crippen molar-refractivity contribution in [3.05, 3.63) is 59.2 Å². The zero-order valence-electron chi connectivity index (χ0n) is 17.3. The molecule has 0 unspecified atom stereocenters. The predicted octanol–water partition coefficient (Wildman–Crippen LogP) is 5.06. The molecule has 0 fully saturated rings. The maximum atomic E-state index is 12.7. The van der Waals surface area contributed by atoms with Crippen LogP contribution in [0.25, 0.3) is 0 Å². The maximum absolute atomic E-state index is 12.7. The Labute approximate surface area is 167 Å². The number of carbonyl (C=O) groups is 2. The molecule has 0 aliphatic heterocycles. The minimum Gasteiger partial charge on any atom is -0.478 e. The fourth-order valence-corrected chi connectivity index (χ4v) is 3.10. The molecule has 28 heavy (non-hydrogen) atoms. The lowest BCUT2D eigenvalue weighted by Gasteiger charge is -2.30. The lowest BCUT2D eigenvalue weighted by Crippen LogP contribution is -2.32. The monoisotopic (exact) mass is 382 g/mol. The summed E-state index contributed by atoms with van der Waals surface area (Å²) in [6.07, 6.45) is 0. The third-order valence-corrected chi connectivity index (χ3v) is 4.32. The molecule has 2 N–H and O–H groups in total. The van der Waals surface area contributed by atoms with Gasteiger partial charge >= 0.3 is 5.97 Å². The van der Waals surface area contributed by atoms with Gasteiger partial charge in [-0.1, -0.05) is 45.4 Å². The Kier molecular flexibility index (Phi) is 7.21. The summed E-state index contributed by atoms with van der Waals surface area (Å²) in [5, 5.41) is 12.3. The molecule has 5 nitrogen and oxygen atoms in total. The first-order chi connectivity index (χ1) is 13.2. The van der Waals surface area contributed by atoms with Gasteiger partial charge in [0.15, 0.2) is 0 Å². The summed E-state index contributed by atoms with van der Waals surface area (Å²) in [4.78, 5) is 26.4. The van der Waals surface area contributed by atoms with Gasteiger partial charge in [0.05, 0.1) is 16.9 Å². The molecule has 0 aromatic heterocycles. The Bertz CT molecular complexity index is 816. The molecule has 0 spiro atoms. The highest BCUT2D eigenvalue weighted by Crippen LogP contribution is 2.29. The molecule has 0 bridgehead atoms. The molecule has 0 saturated heterocycles. The molecule has 150 valence electrons. The van der Waals surface area contributed by atoms with E-state index in [2.05, 4.69) is 37.9 Å². The first-order valence-corrected chi connectivity index (χ1v) is 9.67. The molecule has 0 aliphatic rings. The molecule has 5 heteroatoms. The molecule has 0 radical (unpaired) electrons. The fraction of sp³-hybridized carbons (Fsp3) is 0.391. The van der Waals surface area contributed by atoms with Crippen molar-refractivity contribution in [1.29, 1.82) is 0 Å². The van der Waals surface area contributed by atoms with Crippen LogP contribution >= 0.6 is 0 Å². The van der Waals surface area contributed by atoms with Crippen molar-refractivity contribution in [2.75, 3.05) is 23.3 Å². The van der Waals surface area contributed by atoms with Crippen LogP contribution < -0.4 is 10.2 Å². The van der Waals surface area contributed by atoms with E-state index < -0.39 is 5.97 Å². The van der Waals surface area contributed by atoms with E-state index in [1.54, 1.807) is 24.3 Å². The van der Waals surface area contributed by atoms with Gasteiger partial charge in [-0.05, 0) is 49.1 Å². The number of anilines is 2. The van der Waals surface area contributed by atoms with E-state index in [0.29, 0.717) is 23.1 Å². The number of hydrogen-bond acceptors (Lipinski definition) is 3. The number of aromatic carboxylic acids is 1. The predicted molar refractivity (Wildman–Crippen MR) is 114 cm³/mol. The molecule has 2 aromatic rings. The minimum atomic E-state index is -1.02. The van der Waals surface area contributed by atoms with Crippen molar-refractivity contribution in [2.45, 2.75) is 34.6 Å². The van der Waals surface area contributed by atoms with Crippen molar-refractivity contribution in [3.63, 3.8) is 0 Å². The lowest BCUT2D eigenvalue weighted by molar-refractivity contribution is 0.0696. The second kappa shape index (κ2) is 9.40. The molecule has 0 aliphatic carbocycles. The molecule has 2 rings (SSSR count). The summed E-state index contributed by atoms with van der Waals surface area (Å²) in [5.74, 6) is -0.411. The molecular formula is C23H30N2O3. The van der Waals surface area contributed by atoms with Crippen LogP contribution in [-0.4, -0.2) is 30.1 Å². The number of benzene rings is 2. The Morgan fingerprint density at radius 2 is 1.46 bits per heavy atom. The van der Waals surface area contributed by atoms with Crippen molar-refractivity contribution in [3.8, 4) is 0 Å². The zero-order valence-corrected chi connectivity index (χ0v) is 17.3. The largest absolute Gasteiger partial charge is 0.478 e. The average Bonchev–Trinajstić information content (AvgIpc) is 2.60. The number of rotatable bonds is 8. The van der Waals surface area contributed by atoms with Gasteiger partial charge in [0, 0.05) is 18.7 Å². The van der Waals surface area contributed by atoms with Crippen LogP contribution in [0, 0.1) is 18.8 Å². The van der Waals surface area contributed by atoms with Gasteiger partial charge in [-0.2, -0.15) is 0 Å². The maximum Gasteiger partial charge on any atom is 0.335 e. The van der Waals surface area contributed by atoms with Crippen LogP contribution in [0.15, 0.2) is 42.5 Å². The number of carbonyl (C=O) groups excluding carboxylic acids is 1. The summed E-state index contributed by atoms with van der Waals surface area (Å²) < 4.78 is 0. The summed E-state index contributed by atoms with van der Waals surface area (Å²) in [6.45, 7) is 12.2. The van der Waals surface area contributed by atoms with Crippen LogP contribution in [0.4, 0.5) is 11.4 Å². The van der Waals surface area contributed by atoms with Crippen LogP contribution in [0.3, 0.4) is 0 Å². The van der Waals surface area contributed by atoms with Crippen molar-refractivity contribution in [1.82, 2.24) is 0 Å². The standard InChI is InChI=1S/C23H30N2O3/c1-15(2)13-25(14-16(3)4)21-11-10-19(23(27)28)12-20(21)24-22(26)18-8-6-17(5)7-9-18/h6-12,15-16H,13-14H2,1-5H3,(H,24,26)(H,27,28). The van der Waals surface area contributed by atoms with Crippen LogP contribution in [0.1, 0.15) is 54.0 Å². The van der Waals surface area contributed by atoms with Gasteiger partial charge in [0.1, 0.15) is 0 Å². The highest BCUT2D eigenvalue weighted by atomic mass is 16.4. The van der Waals surface area contributed by atoms with Crippen molar-refractivity contribution in [2.24, 2.45) is 11.8 Å². The van der Waals surface area contributed by atoms with Gasteiger partial charge in [-0.25, -0.2) is 4.79 Å². The first-order valence-electron chi connectivity index (χ1n) is 9.67. The number of carboxylic acids is 1. The topological polar surface area (TPSA) is 69.6 Å².